The number of hydrogen-bond donors (Lipinski definition) is 0. The van der Waals surface area contributed by atoms with Crippen molar-refractivity contribution in [2.24, 2.45) is 0 Å². The van der Waals surface area contributed by atoms with Crippen molar-refractivity contribution in [3.8, 4) is 0 Å². The Morgan fingerprint density at radius 1 is 1.38 bits per heavy atom. The summed E-state index contributed by atoms with van der Waals surface area (Å²) in [5, 5.41) is 0. The molecular weight excluding hydrogens is 212 g/mol. The first kappa shape index (κ1) is 15.2. The third kappa shape index (κ3) is 6.63. The molecule has 0 saturated carbocycles. The Balaban J connectivity index is 0.00000106. The van der Waals surface area contributed by atoms with Crippen LogP contribution in [0, 0.1) is 0 Å². The van der Waals surface area contributed by atoms with Crippen LogP contribution in [0.3, 0.4) is 0 Å². The molecule has 0 N–H and O–H groups in total. The summed E-state index contributed by atoms with van der Waals surface area (Å²) in [6, 6.07) is 0. The smallest absolute Gasteiger partial charge is 0.431 e. The molecule has 0 aromatic rings. The SMILES string of the molecule is CC.CCC(C)OC(=O)OC1COCOC1. The van der Waals surface area contributed by atoms with E-state index in [2.05, 4.69) is 0 Å². The van der Waals surface area contributed by atoms with Crippen LogP contribution in [0.5, 0.6) is 0 Å². The largest absolute Gasteiger partial charge is 0.508 e. The van der Waals surface area contributed by atoms with E-state index in [0.29, 0.717) is 13.2 Å². The van der Waals surface area contributed by atoms with Crippen molar-refractivity contribution in [3.63, 3.8) is 0 Å². The summed E-state index contributed by atoms with van der Waals surface area (Å²) in [5.41, 5.74) is 0. The first-order chi connectivity index (χ1) is 7.72. The van der Waals surface area contributed by atoms with E-state index in [4.69, 9.17) is 18.9 Å². The molecule has 0 radical (unpaired) electrons. The number of carbonyl (C=O) groups is 1. The number of rotatable bonds is 3. The molecule has 16 heavy (non-hydrogen) atoms. The Kier molecular flexibility index (Phi) is 8.94. The van der Waals surface area contributed by atoms with Gasteiger partial charge in [-0.05, 0) is 13.3 Å². The second-order valence-corrected chi connectivity index (χ2v) is 3.19. The topological polar surface area (TPSA) is 54.0 Å². The quantitative estimate of drug-likeness (QED) is 0.701. The van der Waals surface area contributed by atoms with Gasteiger partial charge in [0, 0.05) is 0 Å². The minimum absolute atomic E-state index is 0.118. The summed E-state index contributed by atoms with van der Waals surface area (Å²) in [5.74, 6) is 0. The highest BCUT2D eigenvalue weighted by Crippen LogP contribution is 2.05. The lowest BCUT2D eigenvalue weighted by Crippen LogP contribution is -2.34. The fraction of sp³-hybridized carbons (Fsp3) is 0.909. The zero-order valence-electron chi connectivity index (χ0n) is 10.5. The summed E-state index contributed by atoms with van der Waals surface area (Å²) in [4.78, 5) is 11.1. The Labute approximate surface area is 97.0 Å². The summed E-state index contributed by atoms with van der Waals surface area (Å²) in [6.45, 7) is 8.76. The Bertz CT molecular complexity index is 177. The van der Waals surface area contributed by atoms with Gasteiger partial charge in [0.15, 0.2) is 6.10 Å². The number of ether oxygens (including phenoxy) is 4. The van der Waals surface area contributed by atoms with Crippen LogP contribution < -0.4 is 0 Å². The maximum atomic E-state index is 11.1. The number of hydrogen-bond acceptors (Lipinski definition) is 5. The van der Waals surface area contributed by atoms with Crippen molar-refractivity contribution in [2.75, 3.05) is 20.0 Å². The van der Waals surface area contributed by atoms with E-state index in [1.165, 1.54) is 0 Å². The van der Waals surface area contributed by atoms with Crippen molar-refractivity contribution in [2.45, 2.75) is 46.3 Å². The van der Waals surface area contributed by atoms with E-state index in [-0.39, 0.29) is 19.0 Å². The molecule has 1 fully saturated rings. The van der Waals surface area contributed by atoms with E-state index in [1.54, 1.807) is 0 Å². The van der Waals surface area contributed by atoms with Crippen molar-refractivity contribution in [3.05, 3.63) is 0 Å². The minimum Gasteiger partial charge on any atom is -0.431 e. The van der Waals surface area contributed by atoms with Crippen LogP contribution in [0.25, 0.3) is 0 Å². The molecule has 1 rings (SSSR count). The van der Waals surface area contributed by atoms with Gasteiger partial charge in [0.25, 0.3) is 0 Å². The Hall–Kier alpha value is -0.810. The highest BCUT2D eigenvalue weighted by atomic mass is 16.8. The van der Waals surface area contributed by atoms with Crippen molar-refractivity contribution < 1.29 is 23.7 Å². The summed E-state index contributed by atoms with van der Waals surface area (Å²) >= 11 is 0. The van der Waals surface area contributed by atoms with Gasteiger partial charge in [0.1, 0.15) is 12.9 Å². The molecule has 1 saturated heterocycles. The molecule has 1 aliphatic heterocycles. The van der Waals surface area contributed by atoms with Crippen molar-refractivity contribution in [1.29, 1.82) is 0 Å². The van der Waals surface area contributed by atoms with E-state index < -0.39 is 6.16 Å². The molecule has 96 valence electrons. The molecular formula is C11H22O5. The maximum absolute atomic E-state index is 11.1. The summed E-state index contributed by atoms with van der Waals surface area (Å²) in [7, 11) is 0. The van der Waals surface area contributed by atoms with Crippen LogP contribution in [0.15, 0.2) is 0 Å². The normalized spacial score (nSPS) is 18.0. The lowest BCUT2D eigenvalue weighted by atomic mass is 10.3. The molecule has 0 aromatic carbocycles. The van der Waals surface area contributed by atoms with Crippen LogP contribution in [0.1, 0.15) is 34.1 Å². The van der Waals surface area contributed by atoms with E-state index in [0.717, 1.165) is 6.42 Å². The zero-order valence-corrected chi connectivity index (χ0v) is 10.5. The zero-order chi connectivity index (χ0) is 12.4. The number of carbonyl (C=O) groups excluding carboxylic acids is 1. The van der Waals surface area contributed by atoms with Gasteiger partial charge in [0.05, 0.1) is 13.2 Å². The average molecular weight is 234 g/mol. The van der Waals surface area contributed by atoms with Gasteiger partial charge in [-0.2, -0.15) is 0 Å². The molecule has 1 heterocycles. The Morgan fingerprint density at radius 2 is 1.94 bits per heavy atom. The van der Waals surface area contributed by atoms with Gasteiger partial charge in [-0.1, -0.05) is 20.8 Å². The second-order valence-electron chi connectivity index (χ2n) is 3.19. The lowest BCUT2D eigenvalue weighted by Gasteiger charge is -2.22. The van der Waals surface area contributed by atoms with Gasteiger partial charge in [-0.3, -0.25) is 0 Å². The van der Waals surface area contributed by atoms with Crippen LogP contribution in [0.2, 0.25) is 0 Å². The third-order valence-electron chi connectivity index (χ3n) is 1.91. The van der Waals surface area contributed by atoms with E-state index in [9.17, 15) is 4.79 Å². The van der Waals surface area contributed by atoms with E-state index >= 15 is 0 Å². The molecule has 0 amide bonds. The molecule has 1 aliphatic rings. The fourth-order valence-corrected chi connectivity index (χ4v) is 0.946. The van der Waals surface area contributed by atoms with Crippen LogP contribution in [-0.2, 0) is 18.9 Å². The molecule has 5 heteroatoms. The van der Waals surface area contributed by atoms with Gasteiger partial charge < -0.3 is 18.9 Å². The predicted molar refractivity (Wildman–Crippen MR) is 59.2 cm³/mol. The van der Waals surface area contributed by atoms with E-state index in [1.807, 2.05) is 27.7 Å². The van der Waals surface area contributed by atoms with Crippen LogP contribution >= 0.6 is 0 Å². The first-order valence-corrected chi connectivity index (χ1v) is 5.75. The standard InChI is InChI=1S/C9H16O5.C2H6/c1-3-7(2)13-9(10)14-8-4-11-6-12-5-8;1-2/h7-8H,3-6H2,1-2H3;1-2H3. The van der Waals surface area contributed by atoms with Gasteiger partial charge in [0.2, 0.25) is 0 Å². The average Bonchev–Trinajstić information content (AvgIpc) is 2.32. The minimum atomic E-state index is -0.654. The molecule has 0 aromatic heterocycles. The summed E-state index contributed by atoms with van der Waals surface area (Å²) < 4.78 is 19.8. The molecule has 5 nitrogen and oxygen atoms in total. The van der Waals surface area contributed by atoms with Crippen molar-refractivity contribution >= 4 is 6.16 Å². The monoisotopic (exact) mass is 234 g/mol. The molecule has 0 aliphatic carbocycles. The van der Waals surface area contributed by atoms with Gasteiger partial charge in [-0.15, -0.1) is 0 Å². The summed E-state index contributed by atoms with van der Waals surface area (Å²) in [6.07, 6.45) is -0.348. The fourth-order valence-electron chi connectivity index (χ4n) is 0.946. The first-order valence-electron chi connectivity index (χ1n) is 5.75. The third-order valence-corrected chi connectivity index (χ3v) is 1.91. The second kappa shape index (κ2) is 9.42. The highest BCUT2D eigenvalue weighted by molar-refractivity contribution is 5.60. The van der Waals surface area contributed by atoms with Crippen LogP contribution in [-0.4, -0.2) is 38.4 Å². The molecule has 0 spiro atoms. The molecule has 0 bridgehead atoms. The highest BCUT2D eigenvalue weighted by Gasteiger charge is 2.20. The lowest BCUT2D eigenvalue weighted by molar-refractivity contribution is -0.159. The predicted octanol–water partition coefficient (Wildman–Crippen LogP) is 2.34. The van der Waals surface area contributed by atoms with Gasteiger partial charge in [-0.25, -0.2) is 4.79 Å². The van der Waals surface area contributed by atoms with Crippen LogP contribution in [0.4, 0.5) is 4.79 Å². The molecule has 1 atom stereocenters. The molecule has 1 unspecified atom stereocenters. The van der Waals surface area contributed by atoms with Gasteiger partial charge >= 0.3 is 6.16 Å². The Morgan fingerprint density at radius 3 is 2.44 bits per heavy atom. The maximum Gasteiger partial charge on any atom is 0.508 e. The van der Waals surface area contributed by atoms with Crippen molar-refractivity contribution in [1.82, 2.24) is 0 Å².